The molecule has 0 radical (unpaired) electrons. The van der Waals surface area contributed by atoms with Crippen molar-refractivity contribution in [3.05, 3.63) is 0 Å². The molecular formula is C9H16N2O2. The second-order valence-corrected chi connectivity index (χ2v) is 4.14. The summed E-state index contributed by atoms with van der Waals surface area (Å²) in [4.78, 5) is 0. The van der Waals surface area contributed by atoms with Gasteiger partial charge in [-0.2, -0.15) is 0 Å². The van der Waals surface area contributed by atoms with E-state index in [4.69, 9.17) is 9.47 Å². The maximum Gasteiger partial charge on any atom is 0.117 e. The predicted octanol–water partition coefficient (Wildman–Crippen LogP) is -0.342. The molecular weight excluding hydrogens is 168 g/mol. The van der Waals surface area contributed by atoms with Crippen LogP contribution in [0.1, 0.15) is 12.8 Å². The van der Waals surface area contributed by atoms with Crippen molar-refractivity contribution in [3.63, 3.8) is 0 Å². The lowest BCUT2D eigenvalue weighted by atomic mass is 10.0. The first kappa shape index (κ1) is 8.17. The van der Waals surface area contributed by atoms with Gasteiger partial charge in [-0.15, -0.1) is 0 Å². The lowest BCUT2D eigenvalue weighted by molar-refractivity contribution is -0.0477. The molecule has 0 bridgehead atoms. The van der Waals surface area contributed by atoms with Gasteiger partial charge in [0.25, 0.3) is 0 Å². The van der Waals surface area contributed by atoms with Crippen LogP contribution < -0.4 is 10.6 Å². The summed E-state index contributed by atoms with van der Waals surface area (Å²) in [6.07, 6.45) is 2.90. The third kappa shape index (κ3) is 1.21. The molecule has 2 saturated heterocycles. The standard InChI is InChI=1S/C9H16N2O2/c1-2-9(1,7-10-3-5-12-7)8-11-4-6-13-8/h7-8,10-11H,1-6H2. The van der Waals surface area contributed by atoms with Crippen molar-refractivity contribution in [1.82, 2.24) is 10.6 Å². The van der Waals surface area contributed by atoms with E-state index < -0.39 is 0 Å². The van der Waals surface area contributed by atoms with E-state index in [9.17, 15) is 0 Å². The molecule has 2 N–H and O–H groups in total. The SMILES string of the molecule is C1COC(C2(C3NCCO3)CC2)N1. The molecule has 74 valence electrons. The van der Waals surface area contributed by atoms with E-state index in [0.29, 0.717) is 0 Å². The van der Waals surface area contributed by atoms with E-state index in [2.05, 4.69) is 10.6 Å². The topological polar surface area (TPSA) is 42.5 Å². The fourth-order valence-electron chi connectivity index (χ4n) is 2.40. The lowest BCUT2D eigenvalue weighted by Crippen LogP contribution is -2.45. The van der Waals surface area contributed by atoms with Gasteiger partial charge in [0.2, 0.25) is 0 Å². The van der Waals surface area contributed by atoms with Crippen LogP contribution in [0.4, 0.5) is 0 Å². The number of ether oxygens (including phenoxy) is 2. The first-order valence-electron chi connectivity index (χ1n) is 5.12. The molecule has 3 rings (SSSR count). The van der Waals surface area contributed by atoms with Gasteiger partial charge in [0, 0.05) is 18.5 Å². The average Bonchev–Trinajstić information content (AvgIpc) is 2.68. The smallest absolute Gasteiger partial charge is 0.117 e. The van der Waals surface area contributed by atoms with Gasteiger partial charge >= 0.3 is 0 Å². The molecule has 1 saturated carbocycles. The van der Waals surface area contributed by atoms with Crippen molar-refractivity contribution in [2.75, 3.05) is 26.3 Å². The summed E-state index contributed by atoms with van der Waals surface area (Å²) in [6.45, 7) is 3.66. The van der Waals surface area contributed by atoms with Crippen LogP contribution in [-0.4, -0.2) is 38.8 Å². The first-order valence-corrected chi connectivity index (χ1v) is 5.12. The molecule has 3 fully saturated rings. The second-order valence-electron chi connectivity index (χ2n) is 4.14. The maximum atomic E-state index is 5.66. The van der Waals surface area contributed by atoms with Gasteiger partial charge in [-0.25, -0.2) is 0 Å². The minimum absolute atomic E-state index is 0.225. The zero-order valence-corrected chi connectivity index (χ0v) is 7.71. The highest BCUT2D eigenvalue weighted by Gasteiger charge is 2.58. The van der Waals surface area contributed by atoms with Gasteiger partial charge in [-0.3, -0.25) is 10.6 Å². The van der Waals surface area contributed by atoms with E-state index in [1.54, 1.807) is 0 Å². The van der Waals surface area contributed by atoms with Gasteiger partial charge in [-0.1, -0.05) is 0 Å². The van der Waals surface area contributed by atoms with Gasteiger partial charge in [0.15, 0.2) is 0 Å². The molecule has 0 spiro atoms. The maximum absolute atomic E-state index is 5.66. The Hall–Kier alpha value is -0.160. The third-order valence-corrected chi connectivity index (χ3v) is 3.30. The Morgan fingerprint density at radius 1 is 0.923 bits per heavy atom. The van der Waals surface area contributed by atoms with E-state index in [-0.39, 0.29) is 17.9 Å². The predicted molar refractivity (Wildman–Crippen MR) is 47.2 cm³/mol. The van der Waals surface area contributed by atoms with E-state index >= 15 is 0 Å². The van der Waals surface area contributed by atoms with Crippen LogP contribution in [0.2, 0.25) is 0 Å². The zero-order chi connectivity index (χ0) is 8.73. The summed E-state index contributed by atoms with van der Waals surface area (Å²) < 4.78 is 11.3. The number of hydrogen-bond donors (Lipinski definition) is 2. The first-order chi connectivity index (χ1) is 6.42. The second kappa shape index (κ2) is 2.92. The summed E-state index contributed by atoms with van der Waals surface area (Å²) in [5.74, 6) is 0. The average molecular weight is 184 g/mol. The molecule has 4 heteroatoms. The van der Waals surface area contributed by atoms with Crippen molar-refractivity contribution >= 4 is 0 Å². The molecule has 0 aromatic heterocycles. The van der Waals surface area contributed by atoms with Crippen molar-refractivity contribution in [1.29, 1.82) is 0 Å². The highest BCUT2D eigenvalue weighted by atomic mass is 16.5. The molecule has 13 heavy (non-hydrogen) atoms. The molecule has 0 amide bonds. The van der Waals surface area contributed by atoms with Crippen LogP contribution in [0.5, 0.6) is 0 Å². The minimum Gasteiger partial charge on any atom is -0.361 e. The summed E-state index contributed by atoms with van der Waals surface area (Å²) in [5.41, 5.74) is 0.243. The van der Waals surface area contributed by atoms with Crippen LogP contribution in [0.25, 0.3) is 0 Å². The fraction of sp³-hybridized carbons (Fsp3) is 1.00. The Morgan fingerprint density at radius 2 is 1.46 bits per heavy atom. The summed E-state index contributed by atoms with van der Waals surface area (Å²) in [6, 6.07) is 0. The molecule has 0 aromatic carbocycles. The van der Waals surface area contributed by atoms with Crippen LogP contribution in [-0.2, 0) is 9.47 Å². The van der Waals surface area contributed by atoms with Crippen LogP contribution in [0.15, 0.2) is 0 Å². The largest absolute Gasteiger partial charge is 0.361 e. The van der Waals surface area contributed by atoms with Gasteiger partial charge in [0.1, 0.15) is 12.5 Å². The van der Waals surface area contributed by atoms with Crippen molar-refractivity contribution in [3.8, 4) is 0 Å². The van der Waals surface area contributed by atoms with E-state index in [0.717, 1.165) is 26.3 Å². The van der Waals surface area contributed by atoms with E-state index in [1.165, 1.54) is 12.8 Å². The minimum atomic E-state index is 0.225. The molecule has 4 nitrogen and oxygen atoms in total. The van der Waals surface area contributed by atoms with Crippen molar-refractivity contribution < 1.29 is 9.47 Å². The molecule has 3 aliphatic rings. The Kier molecular flexibility index (Phi) is 1.83. The van der Waals surface area contributed by atoms with Gasteiger partial charge in [-0.05, 0) is 12.8 Å². The van der Waals surface area contributed by atoms with Crippen LogP contribution >= 0.6 is 0 Å². The molecule has 1 aliphatic carbocycles. The van der Waals surface area contributed by atoms with Crippen LogP contribution in [0.3, 0.4) is 0 Å². The van der Waals surface area contributed by atoms with Gasteiger partial charge < -0.3 is 9.47 Å². The van der Waals surface area contributed by atoms with Crippen molar-refractivity contribution in [2.24, 2.45) is 5.41 Å². The highest BCUT2D eigenvalue weighted by Crippen LogP contribution is 2.53. The molecule has 2 aliphatic heterocycles. The molecule has 2 heterocycles. The number of rotatable bonds is 2. The Labute approximate surface area is 78.0 Å². The summed E-state index contributed by atoms with van der Waals surface area (Å²) in [5, 5.41) is 6.79. The molecule has 2 atom stereocenters. The summed E-state index contributed by atoms with van der Waals surface area (Å²) >= 11 is 0. The number of hydrogen-bond acceptors (Lipinski definition) is 4. The Bertz CT molecular complexity index is 176. The third-order valence-electron chi connectivity index (χ3n) is 3.30. The van der Waals surface area contributed by atoms with E-state index in [1.807, 2.05) is 0 Å². The Morgan fingerprint density at radius 3 is 1.77 bits per heavy atom. The zero-order valence-electron chi connectivity index (χ0n) is 7.71. The normalized spacial score (nSPS) is 42.5. The lowest BCUT2D eigenvalue weighted by Gasteiger charge is -2.27. The molecule has 0 aromatic rings. The monoisotopic (exact) mass is 184 g/mol. The fourth-order valence-corrected chi connectivity index (χ4v) is 2.40. The van der Waals surface area contributed by atoms with Crippen LogP contribution in [0, 0.1) is 5.41 Å². The quantitative estimate of drug-likeness (QED) is 0.616. The van der Waals surface area contributed by atoms with Crippen molar-refractivity contribution in [2.45, 2.75) is 25.3 Å². The summed E-state index contributed by atoms with van der Waals surface area (Å²) in [7, 11) is 0. The number of nitrogens with one attached hydrogen (secondary N) is 2. The highest BCUT2D eigenvalue weighted by molar-refractivity contribution is 5.05. The van der Waals surface area contributed by atoms with Gasteiger partial charge in [0.05, 0.1) is 13.2 Å². The Balaban J connectivity index is 1.72. The molecule has 2 unspecified atom stereocenters.